The maximum absolute atomic E-state index is 11.8. The standard InChI is InChI=1S/C8H11F3N2S/c1-5-6(2)14-7(13-5)3-12-4-8(9,10)11/h12H,3-4H2,1-2H3. The monoisotopic (exact) mass is 224 g/mol. The van der Waals surface area contributed by atoms with Gasteiger partial charge in [-0.3, -0.25) is 0 Å². The molecule has 80 valence electrons. The van der Waals surface area contributed by atoms with E-state index in [-0.39, 0.29) is 6.54 Å². The Hall–Kier alpha value is -0.620. The maximum Gasteiger partial charge on any atom is 0.401 e. The minimum atomic E-state index is -4.15. The third-order valence-corrected chi connectivity index (χ3v) is 2.75. The molecule has 0 spiro atoms. The summed E-state index contributed by atoms with van der Waals surface area (Å²) >= 11 is 1.42. The molecule has 0 aromatic carbocycles. The van der Waals surface area contributed by atoms with Crippen LogP contribution in [0.4, 0.5) is 13.2 Å². The van der Waals surface area contributed by atoms with Crippen LogP contribution in [0.5, 0.6) is 0 Å². The number of hydrogen-bond acceptors (Lipinski definition) is 3. The summed E-state index contributed by atoms with van der Waals surface area (Å²) in [5.74, 6) is 0. The van der Waals surface area contributed by atoms with E-state index in [2.05, 4.69) is 10.3 Å². The summed E-state index contributed by atoms with van der Waals surface area (Å²) in [6.07, 6.45) is -4.15. The largest absolute Gasteiger partial charge is 0.401 e. The van der Waals surface area contributed by atoms with Gasteiger partial charge in [0, 0.05) is 11.4 Å². The second-order valence-corrected chi connectivity index (χ2v) is 4.26. The van der Waals surface area contributed by atoms with Gasteiger partial charge < -0.3 is 5.32 Å². The molecule has 0 saturated carbocycles. The summed E-state index contributed by atoms with van der Waals surface area (Å²) in [6.45, 7) is 2.96. The highest BCUT2D eigenvalue weighted by Gasteiger charge is 2.26. The van der Waals surface area contributed by atoms with Gasteiger partial charge in [0.15, 0.2) is 0 Å². The van der Waals surface area contributed by atoms with Crippen molar-refractivity contribution in [2.75, 3.05) is 6.54 Å². The van der Waals surface area contributed by atoms with E-state index < -0.39 is 12.7 Å². The fraction of sp³-hybridized carbons (Fsp3) is 0.625. The third kappa shape index (κ3) is 3.63. The molecule has 1 N–H and O–H groups in total. The molecule has 0 aliphatic rings. The van der Waals surface area contributed by atoms with Gasteiger partial charge in [0.05, 0.1) is 12.2 Å². The maximum atomic E-state index is 11.8. The van der Waals surface area contributed by atoms with Crippen molar-refractivity contribution in [2.45, 2.75) is 26.6 Å². The van der Waals surface area contributed by atoms with Gasteiger partial charge in [-0.15, -0.1) is 11.3 Å². The van der Waals surface area contributed by atoms with Gasteiger partial charge in [-0.25, -0.2) is 4.98 Å². The molecule has 0 bridgehead atoms. The predicted molar refractivity (Wildman–Crippen MR) is 49.3 cm³/mol. The first-order valence-electron chi connectivity index (χ1n) is 4.09. The van der Waals surface area contributed by atoms with Gasteiger partial charge in [0.25, 0.3) is 0 Å². The zero-order chi connectivity index (χ0) is 10.8. The van der Waals surface area contributed by atoms with E-state index in [4.69, 9.17) is 0 Å². The van der Waals surface area contributed by atoms with Crippen molar-refractivity contribution in [1.29, 1.82) is 0 Å². The Kier molecular flexibility index (Phi) is 3.49. The summed E-state index contributed by atoms with van der Waals surface area (Å²) in [7, 11) is 0. The SMILES string of the molecule is Cc1nc(CNCC(F)(F)F)sc1C. The lowest BCUT2D eigenvalue weighted by Crippen LogP contribution is -2.28. The van der Waals surface area contributed by atoms with Gasteiger partial charge in [-0.1, -0.05) is 0 Å². The fourth-order valence-corrected chi connectivity index (χ4v) is 1.83. The topological polar surface area (TPSA) is 24.9 Å². The second-order valence-electron chi connectivity index (χ2n) is 2.97. The van der Waals surface area contributed by atoms with Crippen molar-refractivity contribution in [3.63, 3.8) is 0 Å². The van der Waals surface area contributed by atoms with Crippen LogP contribution < -0.4 is 5.32 Å². The van der Waals surface area contributed by atoms with E-state index in [1.54, 1.807) is 0 Å². The van der Waals surface area contributed by atoms with Crippen molar-refractivity contribution < 1.29 is 13.2 Å². The molecule has 0 unspecified atom stereocenters. The molecule has 0 amide bonds. The minimum absolute atomic E-state index is 0.179. The molecule has 0 aliphatic heterocycles. The Labute approximate surface area is 84.2 Å². The normalized spacial score (nSPS) is 12.1. The summed E-state index contributed by atoms with van der Waals surface area (Å²) in [5.41, 5.74) is 0.888. The van der Waals surface area contributed by atoms with Crippen LogP contribution in [0.15, 0.2) is 0 Å². The van der Waals surface area contributed by atoms with Crippen molar-refractivity contribution in [2.24, 2.45) is 0 Å². The smallest absolute Gasteiger partial charge is 0.302 e. The molecule has 1 aromatic rings. The lowest BCUT2D eigenvalue weighted by atomic mass is 10.4. The van der Waals surface area contributed by atoms with Crippen LogP contribution in [0.25, 0.3) is 0 Å². The first kappa shape index (κ1) is 11.5. The molecular weight excluding hydrogens is 213 g/mol. The Morgan fingerprint density at radius 2 is 2.00 bits per heavy atom. The quantitative estimate of drug-likeness (QED) is 0.852. The van der Waals surface area contributed by atoms with Crippen molar-refractivity contribution in [3.05, 3.63) is 15.6 Å². The summed E-state index contributed by atoms with van der Waals surface area (Å²) in [6, 6.07) is 0. The Balaban J connectivity index is 2.39. The van der Waals surface area contributed by atoms with Crippen LogP contribution in [0.1, 0.15) is 15.6 Å². The lowest BCUT2D eigenvalue weighted by molar-refractivity contribution is -0.125. The number of nitrogens with zero attached hydrogens (tertiary/aromatic N) is 1. The number of thiazole rings is 1. The molecule has 0 saturated heterocycles. The lowest BCUT2D eigenvalue weighted by Gasteiger charge is -2.05. The van der Waals surface area contributed by atoms with E-state index in [0.29, 0.717) is 5.01 Å². The Morgan fingerprint density at radius 1 is 1.36 bits per heavy atom. The average molecular weight is 224 g/mol. The number of rotatable bonds is 3. The first-order valence-corrected chi connectivity index (χ1v) is 4.90. The number of hydrogen-bond donors (Lipinski definition) is 1. The predicted octanol–water partition coefficient (Wildman–Crippen LogP) is 2.41. The van der Waals surface area contributed by atoms with Crippen LogP contribution in [0, 0.1) is 13.8 Å². The van der Waals surface area contributed by atoms with Crippen molar-refractivity contribution >= 4 is 11.3 Å². The summed E-state index contributed by atoms with van der Waals surface area (Å²) in [5, 5.41) is 3.00. The highest BCUT2D eigenvalue weighted by molar-refractivity contribution is 7.11. The Bertz CT molecular complexity index is 287. The minimum Gasteiger partial charge on any atom is -0.302 e. The molecule has 6 heteroatoms. The molecule has 2 nitrogen and oxygen atoms in total. The molecule has 0 aliphatic carbocycles. The molecular formula is C8H11F3N2S. The fourth-order valence-electron chi connectivity index (χ4n) is 0.926. The van der Waals surface area contributed by atoms with E-state index >= 15 is 0 Å². The van der Waals surface area contributed by atoms with Crippen molar-refractivity contribution in [3.8, 4) is 0 Å². The van der Waals surface area contributed by atoms with Gasteiger partial charge in [-0.2, -0.15) is 13.2 Å². The van der Waals surface area contributed by atoms with Crippen LogP contribution in [0.3, 0.4) is 0 Å². The first-order chi connectivity index (χ1) is 6.38. The van der Waals surface area contributed by atoms with Crippen molar-refractivity contribution in [1.82, 2.24) is 10.3 Å². The van der Waals surface area contributed by atoms with E-state index in [0.717, 1.165) is 10.6 Å². The van der Waals surface area contributed by atoms with E-state index in [9.17, 15) is 13.2 Å². The van der Waals surface area contributed by atoms with Gasteiger partial charge >= 0.3 is 6.18 Å². The molecule has 1 aromatic heterocycles. The molecule has 0 atom stereocenters. The van der Waals surface area contributed by atoms with Crippen LogP contribution in [0.2, 0.25) is 0 Å². The average Bonchev–Trinajstić information content (AvgIpc) is 2.28. The molecule has 1 heterocycles. The highest BCUT2D eigenvalue weighted by atomic mass is 32.1. The number of aromatic nitrogens is 1. The Morgan fingerprint density at radius 3 is 2.43 bits per heavy atom. The number of aryl methyl sites for hydroxylation is 2. The van der Waals surface area contributed by atoms with Gasteiger partial charge in [0.1, 0.15) is 5.01 Å². The number of alkyl halides is 3. The molecule has 14 heavy (non-hydrogen) atoms. The van der Waals surface area contributed by atoms with E-state index in [1.165, 1.54) is 11.3 Å². The van der Waals surface area contributed by atoms with Crippen LogP contribution >= 0.6 is 11.3 Å². The highest BCUT2D eigenvalue weighted by Crippen LogP contribution is 2.17. The third-order valence-electron chi connectivity index (χ3n) is 1.67. The zero-order valence-corrected chi connectivity index (χ0v) is 8.72. The molecule has 0 radical (unpaired) electrons. The summed E-state index contributed by atoms with van der Waals surface area (Å²) < 4.78 is 35.3. The zero-order valence-electron chi connectivity index (χ0n) is 7.90. The number of halogens is 3. The van der Waals surface area contributed by atoms with Crippen LogP contribution in [-0.4, -0.2) is 17.7 Å². The number of nitrogens with one attached hydrogen (secondary N) is 1. The van der Waals surface area contributed by atoms with E-state index in [1.807, 2.05) is 13.8 Å². The van der Waals surface area contributed by atoms with Gasteiger partial charge in [0.2, 0.25) is 0 Å². The van der Waals surface area contributed by atoms with Crippen LogP contribution in [-0.2, 0) is 6.54 Å². The molecule has 0 fully saturated rings. The molecule has 1 rings (SSSR count). The second kappa shape index (κ2) is 4.27. The summed E-state index contributed by atoms with van der Waals surface area (Å²) in [4.78, 5) is 5.17. The van der Waals surface area contributed by atoms with Gasteiger partial charge in [-0.05, 0) is 13.8 Å².